The Morgan fingerprint density at radius 3 is 2.76 bits per heavy atom. The molecule has 0 bridgehead atoms. The molecule has 0 unspecified atom stereocenters. The molecule has 2 aromatic heterocycles. The summed E-state index contributed by atoms with van der Waals surface area (Å²) in [6.45, 7) is 0. The van der Waals surface area contributed by atoms with E-state index in [2.05, 4.69) is 37.2 Å². The molecule has 1 aromatic carbocycles. The number of anilines is 3. The molecule has 0 aliphatic heterocycles. The van der Waals surface area contributed by atoms with Gasteiger partial charge in [-0.2, -0.15) is 14.8 Å². The van der Waals surface area contributed by atoms with Crippen LogP contribution in [-0.4, -0.2) is 32.7 Å². The predicted octanol–water partition coefficient (Wildman–Crippen LogP) is 4.26. The number of nitriles is 1. The van der Waals surface area contributed by atoms with Gasteiger partial charge in [0.25, 0.3) is 5.91 Å². The topological polar surface area (TPSA) is 119 Å². The van der Waals surface area contributed by atoms with Gasteiger partial charge in [-0.1, -0.05) is 12.1 Å². The van der Waals surface area contributed by atoms with Gasteiger partial charge in [-0.3, -0.25) is 9.89 Å². The molecule has 4 rings (SSSR count). The molecule has 1 amide bonds. The van der Waals surface area contributed by atoms with Crippen LogP contribution in [0, 0.1) is 23.1 Å². The maximum atomic E-state index is 14.0. The minimum atomic E-state index is -0.698. The van der Waals surface area contributed by atoms with Gasteiger partial charge in [0.15, 0.2) is 5.82 Å². The van der Waals surface area contributed by atoms with Crippen LogP contribution in [0.15, 0.2) is 48.8 Å². The number of nitrogens with zero attached hydrogens (tertiary/aromatic N) is 3. The first-order valence-corrected chi connectivity index (χ1v) is 10.6. The fourth-order valence-corrected chi connectivity index (χ4v) is 4.09. The first kappa shape index (κ1) is 22.2. The van der Waals surface area contributed by atoms with E-state index in [-0.39, 0.29) is 29.7 Å². The fourth-order valence-electron chi connectivity index (χ4n) is 4.09. The Balaban J connectivity index is 1.43. The first-order valence-electron chi connectivity index (χ1n) is 10.6. The molecule has 1 aliphatic rings. The van der Waals surface area contributed by atoms with E-state index in [1.807, 2.05) is 0 Å². The van der Waals surface area contributed by atoms with Crippen LogP contribution in [0.4, 0.5) is 26.0 Å². The maximum Gasteiger partial charge on any atom is 0.257 e. The number of aromatic nitrogens is 3. The highest BCUT2D eigenvalue weighted by Crippen LogP contribution is 2.33. The van der Waals surface area contributed by atoms with Crippen molar-refractivity contribution < 1.29 is 13.6 Å². The zero-order valence-electron chi connectivity index (χ0n) is 17.7. The molecule has 3 aromatic rings. The number of H-pyrrole nitrogens is 1. The van der Waals surface area contributed by atoms with Gasteiger partial charge in [-0.05, 0) is 43.9 Å². The van der Waals surface area contributed by atoms with E-state index in [1.54, 1.807) is 24.3 Å². The lowest BCUT2D eigenvalue weighted by Gasteiger charge is -2.40. The van der Waals surface area contributed by atoms with Crippen LogP contribution in [0.2, 0.25) is 0 Å². The molecule has 2 heterocycles. The number of para-hydroxylation sites is 1. The third-order valence-corrected chi connectivity index (χ3v) is 5.85. The van der Waals surface area contributed by atoms with Gasteiger partial charge in [0.05, 0.1) is 23.7 Å². The average Bonchev–Trinajstić information content (AvgIpc) is 3.25. The summed E-state index contributed by atoms with van der Waals surface area (Å²) in [6.07, 6.45) is 5.37. The fraction of sp³-hybridized carbons (Fsp3) is 0.304. The molecule has 33 heavy (non-hydrogen) atoms. The van der Waals surface area contributed by atoms with Crippen LogP contribution in [-0.2, 0) is 0 Å². The molecule has 0 saturated heterocycles. The van der Waals surface area contributed by atoms with Crippen molar-refractivity contribution in [1.29, 1.82) is 5.26 Å². The van der Waals surface area contributed by atoms with Gasteiger partial charge in [-0.15, -0.1) is 0 Å². The third kappa shape index (κ3) is 5.26. The van der Waals surface area contributed by atoms with Crippen LogP contribution < -0.4 is 16.0 Å². The molecule has 1 fully saturated rings. The molecule has 0 radical (unpaired) electrons. The monoisotopic (exact) mass is 451 g/mol. The van der Waals surface area contributed by atoms with E-state index in [9.17, 15) is 18.8 Å². The molecule has 1 aliphatic carbocycles. The SMILES string of the molecule is N#CCC1(NC(=O)c2c[nH]nc2Nc2ccnc(F)c2)CCC(Nc2ccccc2F)CC1. The number of hydrogen-bond donors (Lipinski definition) is 4. The Labute approximate surface area is 189 Å². The molecular weight excluding hydrogens is 428 g/mol. The highest BCUT2D eigenvalue weighted by molar-refractivity contribution is 5.99. The lowest BCUT2D eigenvalue weighted by Crippen LogP contribution is -2.52. The van der Waals surface area contributed by atoms with E-state index in [0.717, 1.165) is 0 Å². The lowest BCUT2D eigenvalue weighted by molar-refractivity contribution is 0.0869. The number of nitrogens with one attached hydrogen (secondary N) is 4. The van der Waals surface area contributed by atoms with E-state index in [0.29, 0.717) is 37.1 Å². The molecular formula is C23H23F2N7O. The smallest absolute Gasteiger partial charge is 0.257 e. The Hall–Kier alpha value is -4.00. The van der Waals surface area contributed by atoms with Gasteiger partial charge in [0.1, 0.15) is 11.4 Å². The maximum absolute atomic E-state index is 14.0. The van der Waals surface area contributed by atoms with Crippen molar-refractivity contribution >= 4 is 23.1 Å². The summed E-state index contributed by atoms with van der Waals surface area (Å²) in [6, 6.07) is 11.5. The zero-order chi connectivity index (χ0) is 23.3. The van der Waals surface area contributed by atoms with Crippen LogP contribution in [0.25, 0.3) is 0 Å². The van der Waals surface area contributed by atoms with Gasteiger partial charge in [0, 0.05) is 30.2 Å². The standard InChI is InChI=1S/C23H23F2N7O/c24-18-3-1-2-4-19(18)29-15-5-8-23(9-6-15,10-11-26)31-22(33)17-14-28-32-21(17)30-16-7-12-27-20(25)13-16/h1-4,7,12-15,29H,5-6,8-10H2,(H,31,33)(H2,27,28,30,32). The zero-order valence-corrected chi connectivity index (χ0v) is 17.7. The largest absolute Gasteiger partial charge is 0.380 e. The van der Waals surface area contributed by atoms with E-state index in [4.69, 9.17) is 0 Å². The predicted molar refractivity (Wildman–Crippen MR) is 119 cm³/mol. The quantitative estimate of drug-likeness (QED) is 0.399. The minimum Gasteiger partial charge on any atom is -0.380 e. The lowest BCUT2D eigenvalue weighted by atomic mass is 9.77. The van der Waals surface area contributed by atoms with Crippen molar-refractivity contribution in [1.82, 2.24) is 20.5 Å². The second kappa shape index (κ2) is 9.65. The van der Waals surface area contributed by atoms with Crippen molar-refractivity contribution in [3.05, 3.63) is 66.1 Å². The number of hydrogen-bond acceptors (Lipinski definition) is 6. The number of pyridine rings is 1. The first-order chi connectivity index (χ1) is 16.0. The van der Waals surface area contributed by atoms with E-state index < -0.39 is 17.4 Å². The van der Waals surface area contributed by atoms with Crippen LogP contribution in [0.3, 0.4) is 0 Å². The second-order valence-electron chi connectivity index (χ2n) is 8.11. The van der Waals surface area contributed by atoms with Crippen LogP contribution >= 0.6 is 0 Å². The number of benzene rings is 1. The highest BCUT2D eigenvalue weighted by atomic mass is 19.1. The summed E-state index contributed by atoms with van der Waals surface area (Å²) in [5.41, 5.74) is 0.392. The van der Waals surface area contributed by atoms with Gasteiger partial charge in [0.2, 0.25) is 5.95 Å². The summed E-state index contributed by atoms with van der Waals surface area (Å²) < 4.78 is 27.3. The van der Waals surface area contributed by atoms with Crippen molar-refractivity contribution in [2.45, 2.75) is 43.7 Å². The number of amides is 1. The summed E-state index contributed by atoms with van der Waals surface area (Å²) in [5, 5.41) is 25.2. The van der Waals surface area contributed by atoms with E-state index >= 15 is 0 Å². The number of rotatable bonds is 7. The third-order valence-electron chi connectivity index (χ3n) is 5.85. The van der Waals surface area contributed by atoms with Gasteiger partial charge >= 0.3 is 0 Å². The molecule has 4 N–H and O–H groups in total. The Bertz CT molecular complexity index is 1170. The number of carbonyl (C=O) groups is 1. The number of aromatic amines is 1. The summed E-state index contributed by atoms with van der Waals surface area (Å²) >= 11 is 0. The van der Waals surface area contributed by atoms with Crippen molar-refractivity contribution in [2.24, 2.45) is 0 Å². The van der Waals surface area contributed by atoms with Crippen molar-refractivity contribution in [3.63, 3.8) is 0 Å². The average molecular weight is 451 g/mol. The van der Waals surface area contributed by atoms with Gasteiger partial charge < -0.3 is 16.0 Å². The Morgan fingerprint density at radius 1 is 1.24 bits per heavy atom. The molecule has 10 heteroatoms. The number of halogens is 2. The van der Waals surface area contributed by atoms with Crippen molar-refractivity contribution in [3.8, 4) is 6.07 Å². The molecule has 0 atom stereocenters. The molecule has 8 nitrogen and oxygen atoms in total. The van der Waals surface area contributed by atoms with E-state index in [1.165, 1.54) is 24.5 Å². The summed E-state index contributed by atoms with van der Waals surface area (Å²) in [5.74, 6) is -1.12. The molecule has 1 saturated carbocycles. The highest BCUT2D eigenvalue weighted by Gasteiger charge is 2.37. The Morgan fingerprint density at radius 2 is 2.03 bits per heavy atom. The van der Waals surface area contributed by atoms with Crippen molar-refractivity contribution in [2.75, 3.05) is 10.6 Å². The van der Waals surface area contributed by atoms with Crippen LogP contribution in [0.5, 0.6) is 0 Å². The Kier molecular flexibility index (Phi) is 6.49. The summed E-state index contributed by atoms with van der Waals surface area (Å²) in [7, 11) is 0. The normalized spacial score (nSPS) is 20.0. The summed E-state index contributed by atoms with van der Waals surface area (Å²) in [4.78, 5) is 16.6. The molecule has 170 valence electrons. The number of carbonyl (C=O) groups excluding carboxylic acids is 1. The van der Waals surface area contributed by atoms with Gasteiger partial charge in [-0.25, -0.2) is 9.37 Å². The van der Waals surface area contributed by atoms with Crippen LogP contribution in [0.1, 0.15) is 42.5 Å². The molecule has 0 spiro atoms. The minimum absolute atomic E-state index is 0.0401. The second-order valence-corrected chi connectivity index (χ2v) is 8.11.